The van der Waals surface area contributed by atoms with Gasteiger partial charge in [-0.05, 0) is 38.1 Å². The summed E-state index contributed by atoms with van der Waals surface area (Å²) in [6, 6.07) is 1.77. The van der Waals surface area contributed by atoms with Gasteiger partial charge in [0, 0.05) is 24.5 Å². The maximum atomic E-state index is 10.9. The number of nitrogens with one attached hydrogen (secondary N) is 1. The molecule has 0 aliphatic rings. The molecule has 0 amide bonds. The number of carbonyl (C=O) groups is 1. The third-order valence-corrected chi connectivity index (χ3v) is 3.98. The van der Waals surface area contributed by atoms with E-state index in [-0.39, 0.29) is 5.41 Å². The van der Waals surface area contributed by atoms with Crippen molar-refractivity contribution >= 4 is 17.3 Å². The number of rotatable bonds is 7. The van der Waals surface area contributed by atoms with E-state index in [1.165, 1.54) is 11.3 Å². The molecule has 4 nitrogen and oxygen atoms in total. The summed E-state index contributed by atoms with van der Waals surface area (Å²) in [4.78, 5) is 14.6. The summed E-state index contributed by atoms with van der Waals surface area (Å²) in [7, 11) is 4.15. The van der Waals surface area contributed by atoms with Crippen LogP contribution < -0.4 is 5.32 Å². The molecule has 5 heteroatoms. The Morgan fingerprint density at radius 2 is 2.11 bits per heavy atom. The minimum absolute atomic E-state index is 0.197. The van der Waals surface area contributed by atoms with E-state index in [1.807, 2.05) is 6.92 Å². The van der Waals surface area contributed by atoms with Crippen molar-refractivity contribution in [1.82, 2.24) is 10.2 Å². The lowest BCUT2D eigenvalue weighted by Gasteiger charge is -2.28. The lowest BCUT2D eigenvalue weighted by molar-refractivity contribution is 0.0702. The second kappa shape index (κ2) is 6.50. The molecule has 0 bridgehead atoms. The highest BCUT2D eigenvalue weighted by Crippen LogP contribution is 2.22. The van der Waals surface area contributed by atoms with E-state index in [9.17, 15) is 4.79 Å². The zero-order chi connectivity index (χ0) is 14.6. The molecule has 108 valence electrons. The third-order valence-electron chi connectivity index (χ3n) is 2.89. The first-order valence-electron chi connectivity index (χ1n) is 6.39. The van der Waals surface area contributed by atoms with Crippen LogP contribution in [0.4, 0.5) is 0 Å². The fraction of sp³-hybridized carbons (Fsp3) is 0.643. The van der Waals surface area contributed by atoms with Crippen LogP contribution in [0.25, 0.3) is 0 Å². The first-order chi connectivity index (χ1) is 8.71. The molecular weight excluding hydrogens is 260 g/mol. The molecule has 0 saturated carbocycles. The maximum absolute atomic E-state index is 10.9. The summed E-state index contributed by atoms with van der Waals surface area (Å²) in [6.07, 6.45) is 0. The van der Waals surface area contributed by atoms with Gasteiger partial charge in [-0.15, -0.1) is 11.3 Å². The Kier molecular flexibility index (Phi) is 5.52. The number of thiophene rings is 1. The van der Waals surface area contributed by atoms with Crippen LogP contribution in [0.3, 0.4) is 0 Å². The highest BCUT2D eigenvalue weighted by atomic mass is 32.1. The average molecular weight is 284 g/mol. The van der Waals surface area contributed by atoms with Gasteiger partial charge in [0.2, 0.25) is 0 Å². The Labute approximate surface area is 119 Å². The van der Waals surface area contributed by atoms with Gasteiger partial charge in [-0.3, -0.25) is 0 Å². The van der Waals surface area contributed by atoms with Gasteiger partial charge in [0.25, 0.3) is 0 Å². The van der Waals surface area contributed by atoms with Gasteiger partial charge in [-0.25, -0.2) is 4.79 Å². The summed E-state index contributed by atoms with van der Waals surface area (Å²) < 4.78 is 0. The lowest BCUT2D eigenvalue weighted by Crippen LogP contribution is -2.37. The van der Waals surface area contributed by atoms with Gasteiger partial charge >= 0.3 is 5.97 Å². The standard InChI is InChI=1S/C14H24N2O2S/c1-10-11(6-12(19-10)13(17)18)7-15-8-14(2,3)9-16(4)5/h6,15H,7-9H2,1-5H3,(H,17,18). The topological polar surface area (TPSA) is 52.6 Å². The molecule has 19 heavy (non-hydrogen) atoms. The molecule has 0 unspecified atom stereocenters. The van der Waals surface area contributed by atoms with E-state index in [0.717, 1.165) is 30.1 Å². The Morgan fingerprint density at radius 1 is 1.47 bits per heavy atom. The van der Waals surface area contributed by atoms with Gasteiger partial charge < -0.3 is 15.3 Å². The number of aromatic carboxylic acids is 1. The van der Waals surface area contributed by atoms with Crippen molar-refractivity contribution in [2.24, 2.45) is 5.41 Å². The second-order valence-corrected chi connectivity index (χ2v) is 7.26. The lowest BCUT2D eigenvalue weighted by atomic mass is 9.93. The number of carboxylic acids is 1. The van der Waals surface area contributed by atoms with Crippen LogP contribution in [0.1, 0.15) is 34.0 Å². The quantitative estimate of drug-likeness (QED) is 0.807. The first kappa shape index (κ1) is 16.1. The molecule has 0 spiro atoms. The van der Waals surface area contributed by atoms with Crippen LogP contribution in [0.15, 0.2) is 6.07 Å². The smallest absolute Gasteiger partial charge is 0.345 e. The molecule has 0 saturated heterocycles. The predicted molar refractivity (Wildman–Crippen MR) is 80.1 cm³/mol. The Balaban J connectivity index is 2.51. The van der Waals surface area contributed by atoms with Gasteiger partial charge in [0.15, 0.2) is 0 Å². The van der Waals surface area contributed by atoms with Gasteiger partial charge in [-0.1, -0.05) is 13.8 Å². The van der Waals surface area contributed by atoms with Crippen molar-refractivity contribution < 1.29 is 9.90 Å². The van der Waals surface area contributed by atoms with E-state index in [1.54, 1.807) is 6.07 Å². The van der Waals surface area contributed by atoms with Crippen molar-refractivity contribution in [1.29, 1.82) is 0 Å². The Hall–Kier alpha value is -0.910. The minimum atomic E-state index is -0.840. The molecule has 0 radical (unpaired) electrons. The SMILES string of the molecule is Cc1sc(C(=O)O)cc1CNCC(C)(C)CN(C)C. The number of aryl methyl sites for hydroxylation is 1. The molecule has 1 heterocycles. The summed E-state index contributed by atoms with van der Waals surface area (Å²) >= 11 is 1.34. The van der Waals surface area contributed by atoms with E-state index in [2.05, 4.69) is 38.2 Å². The number of nitrogens with zero attached hydrogens (tertiary/aromatic N) is 1. The predicted octanol–water partition coefficient (Wildman–Crippen LogP) is 2.43. The van der Waals surface area contributed by atoms with Gasteiger partial charge in [-0.2, -0.15) is 0 Å². The zero-order valence-electron chi connectivity index (χ0n) is 12.4. The summed E-state index contributed by atoms with van der Waals surface area (Å²) in [5.74, 6) is -0.840. The van der Waals surface area contributed by atoms with E-state index in [4.69, 9.17) is 5.11 Å². The molecule has 2 N–H and O–H groups in total. The van der Waals surface area contributed by atoms with Crippen LogP contribution >= 0.6 is 11.3 Å². The fourth-order valence-electron chi connectivity index (χ4n) is 2.25. The average Bonchev–Trinajstić information content (AvgIpc) is 2.58. The van der Waals surface area contributed by atoms with Crippen molar-refractivity contribution in [3.63, 3.8) is 0 Å². The van der Waals surface area contributed by atoms with Crippen LogP contribution in [0.2, 0.25) is 0 Å². The molecule has 0 fully saturated rings. The molecular formula is C14H24N2O2S. The molecule has 0 aliphatic carbocycles. The second-order valence-electron chi connectivity index (χ2n) is 6.00. The van der Waals surface area contributed by atoms with Crippen molar-refractivity contribution in [3.05, 3.63) is 21.4 Å². The maximum Gasteiger partial charge on any atom is 0.345 e. The highest BCUT2D eigenvalue weighted by molar-refractivity contribution is 7.14. The zero-order valence-corrected chi connectivity index (χ0v) is 13.2. The summed E-state index contributed by atoms with van der Waals surface area (Å²) in [6.45, 7) is 9.07. The van der Waals surface area contributed by atoms with Crippen LogP contribution in [-0.4, -0.2) is 43.2 Å². The molecule has 0 atom stereocenters. The summed E-state index contributed by atoms with van der Waals surface area (Å²) in [5, 5.41) is 12.4. The van der Waals surface area contributed by atoms with Crippen LogP contribution in [0.5, 0.6) is 0 Å². The molecule has 0 aliphatic heterocycles. The normalized spacial score (nSPS) is 12.1. The molecule has 0 aromatic carbocycles. The Morgan fingerprint density at radius 3 is 2.58 bits per heavy atom. The van der Waals surface area contributed by atoms with Crippen LogP contribution in [0, 0.1) is 12.3 Å². The first-order valence-corrected chi connectivity index (χ1v) is 7.21. The van der Waals surface area contributed by atoms with E-state index < -0.39 is 5.97 Å². The number of hydrogen-bond donors (Lipinski definition) is 2. The highest BCUT2D eigenvalue weighted by Gasteiger charge is 2.18. The van der Waals surface area contributed by atoms with Crippen molar-refractivity contribution in [2.45, 2.75) is 27.3 Å². The third kappa shape index (κ3) is 5.30. The molecule has 1 aromatic rings. The van der Waals surface area contributed by atoms with Crippen molar-refractivity contribution in [2.75, 3.05) is 27.2 Å². The minimum Gasteiger partial charge on any atom is -0.477 e. The largest absolute Gasteiger partial charge is 0.477 e. The number of carboxylic acid groups (broad SMARTS) is 1. The number of hydrogen-bond acceptors (Lipinski definition) is 4. The van der Waals surface area contributed by atoms with Gasteiger partial charge in [0.05, 0.1) is 0 Å². The van der Waals surface area contributed by atoms with Crippen molar-refractivity contribution in [3.8, 4) is 0 Å². The Bertz CT molecular complexity index is 439. The van der Waals surface area contributed by atoms with Crippen LogP contribution in [-0.2, 0) is 6.54 Å². The van der Waals surface area contributed by atoms with E-state index >= 15 is 0 Å². The summed E-state index contributed by atoms with van der Waals surface area (Å²) in [5.41, 5.74) is 1.28. The molecule has 1 aromatic heterocycles. The molecule has 1 rings (SSSR count). The van der Waals surface area contributed by atoms with E-state index in [0.29, 0.717) is 4.88 Å². The monoisotopic (exact) mass is 284 g/mol. The van der Waals surface area contributed by atoms with Gasteiger partial charge in [0.1, 0.15) is 4.88 Å². The fourth-order valence-corrected chi connectivity index (χ4v) is 3.13.